The Morgan fingerprint density at radius 2 is 1.50 bits per heavy atom. The second-order valence-corrected chi connectivity index (χ2v) is 6.31. The van der Waals surface area contributed by atoms with Crippen LogP contribution in [-0.2, 0) is 0 Å². The van der Waals surface area contributed by atoms with E-state index in [4.69, 9.17) is 0 Å². The number of benzene rings is 2. The van der Waals surface area contributed by atoms with E-state index in [0.29, 0.717) is 13.1 Å². The molecule has 2 aromatic rings. The number of halogens is 2. The molecule has 0 radical (unpaired) electrons. The number of piperazine rings is 1. The molecule has 2 N–H and O–H groups in total. The first-order valence-electron chi connectivity index (χ1n) is 8.35. The number of carboxylic acid groups (broad SMARTS) is 1. The summed E-state index contributed by atoms with van der Waals surface area (Å²) in [6, 6.07) is 11.3. The van der Waals surface area contributed by atoms with Gasteiger partial charge in [-0.25, -0.2) is 13.6 Å². The van der Waals surface area contributed by atoms with Crippen LogP contribution in [0.1, 0.15) is 17.2 Å². The van der Waals surface area contributed by atoms with Crippen molar-refractivity contribution >= 4 is 6.09 Å². The molecule has 0 aromatic heterocycles. The molecule has 7 heteroatoms. The van der Waals surface area contributed by atoms with E-state index in [0.717, 1.165) is 11.1 Å². The van der Waals surface area contributed by atoms with Crippen molar-refractivity contribution in [3.05, 3.63) is 71.3 Å². The number of hydrogen-bond acceptors (Lipinski definition) is 3. The van der Waals surface area contributed by atoms with Gasteiger partial charge in [0, 0.05) is 19.6 Å². The fraction of sp³-hybridized carbons (Fsp3) is 0.316. The highest BCUT2D eigenvalue weighted by atomic mass is 19.1. The van der Waals surface area contributed by atoms with Gasteiger partial charge in [0.25, 0.3) is 0 Å². The van der Waals surface area contributed by atoms with Crippen LogP contribution in [0.2, 0.25) is 0 Å². The Morgan fingerprint density at radius 1 is 1.00 bits per heavy atom. The van der Waals surface area contributed by atoms with Crippen LogP contribution in [0, 0.1) is 11.6 Å². The molecule has 1 amide bonds. The second-order valence-electron chi connectivity index (χ2n) is 6.31. The number of amides is 1. The average molecular weight is 362 g/mol. The Morgan fingerprint density at radius 3 is 1.92 bits per heavy atom. The van der Waals surface area contributed by atoms with Crippen molar-refractivity contribution in [2.75, 3.05) is 26.2 Å². The highest BCUT2D eigenvalue weighted by Crippen LogP contribution is 2.31. The molecule has 1 saturated heterocycles. The van der Waals surface area contributed by atoms with Crippen molar-refractivity contribution in [3.63, 3.8) is 0 Å². The molecule has 0 saturated carbocycles. The fourth-order valence-corrected chi connectivity index (χ4v) is 3.43. The van der Waals surface area contributed by atoms with E-state index in [1.807, 2.05) is 4.90 Å². The van der Waals surface area contributed by atoms with Gasteiger partial charge in [-0.1, -0.05) is 24.3 Å². The molecule has 1 aliphatic heterocycles. The van der Waals surface area contributed by atoms with Crippen LogP contribution >= 0.6 is 0 Å². The van der Waals surface area contributed by atoms with Crippen molar-refractivity contribution in [2.24, 2.45) is 0 Å². The van der Waals surface area contributed by atoms with E-state index < -0.39 is 12.1 Å². The Balaban J connectivity index is 1.94. The highest BCUT2D eigenvalue weighted by molar-refractivity contribution is 5.65. The topological polar surface area (TPSA) is 64.0 Å². The van der Waals surface area contributed by atoms with E-state index in [2.05, 4.69) is 0 Å². The number of nitrogens with zero attached hydrogens (tertiary/aromatic N) is 2. The first kappa shape index (κ1) is 18.3. The van der Waals surface area contributed by atoms with Crippen molar-refractivity contribution in [1.29, 1.82) is 0 Å². The molecular formula is C19H20F2N2O3. The lowest BCUT2D eigenvalue weighted by Crippen LogP contribution is -2.57. The summed E-state index contributed by atoms with van der Waals surface area (Å²) in [4.78, 5) is 14.6. The van der Waals surface area contributed by atoms with E-state index in [1.165, 1.54) is 29.2 Å². The van der Waals surface area contributed by atoms with Crippen LogP contribution < -0.4 is 0 Å². The van der Waals surface area contributed by atoms with Gasteiger partial charge in [0.1, 0.15) is 11.6 Å². The van der Waals surface area contributed by atoms with E-state index in [1.54, 1.807) is 24.3 Å². The zero-order valence-corrected chi connectivity index (χ0v) is 14.1. The van der Waals surface area contributed by atoms with Crippen molar-refractivity contribution < 1.29 is 23.8 Å². The molecule has 1 aliphatic rings. The zero-order valence-electron chi connectivity index (χ0n) is 14.1. The lowest BCUT2D eigenvalue weighted by atomic mass is 9.95. The van der Waals surface area contributed by atoms with Gasteiger partial charge in [-0.3, -0.25) is 4.90 Å². The maximum absolute atomic E-state index is 13.3. The maximum atomic E-state index is 13.3. The van der Waals surface area contributed by atoms with Gasteiger partial charge in [0.2, 0.25) is 0 Å². The summed E-state index contributed by atoms with van der Waals surface area (Å²) in [7, 11) is 0. The third kappa shape index (κ3) is 3.84. The van der Waals surface area contributed by atoms with Crippen LogP contribution in [0.15, 0.2) is 48.5 Å². The minimum atomic E-state index is -1.07. The minimum Gasteiger partial charge on any atom is -0.465 e. The van der Waals surface area contributed by atoms with Gasteiger partial charge < -0.3 is 15.1 Å². The maximum Gasteiger partial charge on any atom is 0.407 e. The molecule has 26 heavy (non-hydrogen) atoms. The number of aliphatic hydroxyl groups is 1. The van der Waals surface area contributed by atoms with Gasteiger partial charge in [0.15, 0.2) is 0 Å². The largest absolute Gasteiger partial charge is 0.465 e. The Hall–Kier alpha value is -2.51. The summed E-state index contributed by atoms with van der Waals surface area (Å²) >= 11 is 0. The first-order valence-corrected chi connectivity index (χ1v) is 8.35. The molecular weight excluding hydrogens is 342 g/mol. The van der Waals surface area contributed by atoms with Crippen molar-refractivity contribution in [1.82, 2.24) is 9.80 Å². The lowest BCUT2D eigenvalue weighted by molar-refractivity contribution is 0.0307. The number of rotatable bonds is 4. The second kappa shape index (κ2) is 7.80. The monoisotopic (exact) mass is 362 g/mol. The third-order valence-electron chi connectivity index (χ3n) is 4.71. The smallest absolute Gasteiger partial charge is 0.407 e. The quantitative estimate of drug-likeness (QED) is 0.878. The van der Waals surface area contributed by atoms with Gasteiger partial charge >= 0.3 is 6.09 Å². The molecule has 2 aromatic carbocycles. The van der Waals surface area contributed by atoms with Crippen LogP contribution in [0.3, 0.4) is 0 Å². The molecule has 1 unspecified atom stereocenters. The van der Waals surface area contributed by atoms with E-state index in [9.17, 15) is 23.8 Å². The van der Waals surface area contributed by atoms with Gasteiger partial charge in [-0.05, 0) is 35.4 Å². The van der Waals surface area contributed by atoms with E-state index in [-0.39, 0.29) is 30.8 Å². The molecule has 0 aliphatic carbocycles. The average Bonchev–Trinajstić information content (AvgIpc) is 2.64. The molecule has 1 atom stereocenters. The predicted molar refractivity (Wildman–Crippen MR) is 91.8 cm³/mol. The van der Waals surface area contributed by atoms with Gasteiger partial charge in [-0.2, -0.15) is 0 Å². The molecule has 1 fully saturated rings. The van der Waals surface area contributed by atoms with Gasteiger partial charge in [0.05, 0.1) is 18.7 Å². The number of aliphatic hydroxyl groups excluding tert-OH is 1. The Bertz CT molecular complexity index is 707. The summed E-state index contributed by atoms with van der Waals surface area (Å²) in [5.41, 5.74) is 1.64. The van der Waals surface area contributed by atoms with E-state index >= 15 is 0 Å². The molecule has 3 rings (SSSR count). The lowest BCUT2D eigenvalue weighted by Gasteiger charge is -2.43. The highest BCUT2D eigenvalue weighted by Gasteiger charge is 2.34. The third-order valence-corrected chi connectivity index (χ3v) is 4.71. The fourth-order valence-electron chi connectivity index (χ4n) is 3.43. The molecule has 138 valence electrons. The normalized spacial score (nSPS) is 18.3. The number of carbonyl (C=O) groups is 1. The summed E-state index contributed by atoms with van der Waals surface area (Å²) < 4.78 is 26.7. The van der Waals surface area contributed by atoms with Crippen molar-refractivity contribution in [3.8, 4) is 0 Å². The van der Waals surface area contributed by atoms with Crippen LogP contribution in [-0.4, -0.2) is 58.4 Å². The molecule has 0 spiro atoms. The number of hydrogen-bond donors (Lipinski definition) is 2. The zero-order chi connectivity index (χ0) is 18.7. The Labute approximate surface area is 150 Å². The SMILES string of the molecule is O=C(O)N1CCN(C(c2ccc(F)cc2)c2ccc(F)cc2)CC1CO. The molecule has 5 nitrogen and oxygen atoms in total. The van der Waals surface area contributed by atoms with Crippen LogP contribution in [0.4, 0.5) is 13.6 Å². The summed E-state index contributed by atoms with van der Waals surface area (Å²) in [6.45, 7) is 0.728. The molecule has 1 heterocycles. The van der Waals surface area contributed by atoms with Crippen molar-refractivity contribution in [2.45, 2.75) is 12.1 Å². The van der Waals surface area contributed by atoms with Crippen LogP contribution in [0.5, 0.6) is 0 Å². The summed E-state index contributed by atoms with van der Waals surface area (Å²) in [5, 5.41) is 18.9. The minimum absolute atomic E-state index is 0.249. The predicted octanol–water partition coefficient (Wildman–Crippen LogP) is 2.71. The first-order chi connectivity index (χ1) is 12.5. The van der Waals surface area contributed by atoms with Crippen LogP contribution in [0.25, 0.3) is 0 Å². The Kier molecular flexibility index (Phi) is 5.49. The summed E-state index contributed by atoms with van der Waals surface area (Å²) in [6.07, 6.45) is -1.07. The summed E-state index contributed by atoms with van der Waals surface area (Å²) in [5.74, 6) is -0.703. The standard InChI is InChI=1S/C19H20F2N2O3/c20-15-5-1-13(2-6-15)18(14-3-7-16(21)8-4-14)22-9-10-23(19(25)26)17(11-22)12-24/h1-8,17-18,24H,9-12H2,(H,25,26). The molecule has 0 bridgehead atoms. The van der Waals surface area contributed by atoms with Gasteiger partial charge in [-0.15, -0.1) is 0 Å².